The lowest BCUT2D eigenvalue weighted by atomic mass is 9.95. The van der Waals surface area contributed by atoms with E-state index in [9.17, 15) is 4.79 Å². The Kier molecular flexibility index (Phi) is 9.62. The lowest BCUT2D eigenvalue weighted by Gasteiger charge is -2.26. The Balaban J connectivity index is 0.00000261. The van der Waals surface area contributed by atoms with Crippen LogP contribution in [-0.4, -0.2) is 62.7 Å². The number of carbonyl (C=O) groups is 1. The monoisotopic (exact) mass is 492 g/mol. The summed E-state index contributed by atoms with van der Waals surface area (Å²) in [6.45, 7) is 2.00. The first-order valence-electron chi connectivity index (χ1n) is 10.5. The molecule has 1 saturated heterocycles. The van der Waals surface area contributed by atoms with Gasteiger partial charge in [-0.2, -0.15) is 0 Å². The van der Waals surface area contributed by atoms with Crippen molar-refractivity contribution < 1.29 is 9.53 Å². The van der Waals surface area contributed by atoms with Gasteiger partial charge in [-0.1, -0.05) is 6.42 Å². The average Bonchev–Trinajstić information content (AvgIpc) is 3.26. The summed E-state index contributed by atoms with van der Waals surface area (Å²) >= 11 is 0. The summed E-state index contributed by atoms with van der Waals surface area (Å²) < 4.78 is 5.81. The number of guanidine groups is 1. The normalized spacial score (nSPS) is 29.9. The third-order valence-electron chi connectivity index (χ3n) is 6.20. The number of rotatable bonds is 7. The molecule has 4 atom stereocenters. The van der Waals surface area contributed by atoms with Crippen molar-refractivity contribution in [1.82, 2.24) is 15.5 Å². The van der Waals surface area contributed by atoms with Crippen molar-refractivity contribution in [3.8, 4) is 0 Å². The first-order chi connectivity index (χ1) is 12.6. The van der Waals surface area contributed by atoms with Crippen LogP contribution < -0.4 is 10.6 Å². The Bertz CT molecular complexity index is 494. The second-order valence-corrected chi connectivity index (χ2v) is 8.44. The second-order valence-electron chi connectivity index (χ2n) is 8.44. The van der Waals surface area contributed by atoms with Crippen LogP contribution in [0.15, 0.2) is 4.99 Å². The molecule has 1 heterocycles. The van der Waals surface area contributed by atoms with Crippen LogP contribution in [0.2, 0.25) is 0 Å². The highest BCUT2D eigenvalue weighted by Gasteiger charge is 2.39. The maximum absolute atomic E-state index is 11.9. The summed E-state index contributed by atoms with van der Waals surface area (Å²) in [5.74, 6) is 2.52. The van der Waals surface area contributed by atoms with E-state index >= 15 is 0 Å². The molecular formula is C20H37IN4O2. The summed E-state index contributed by atoms with van der Waals surface area (Å²) in [7, 11) is 3.55. The highest BCUT2D eigenvalue weighted by Crippen LogP contribution is 2.44. The van der Waals surface area contributed by atoms with E-state index < -0.39 is 0 Å². The molecule has 2 aliphatic carbocycles. The standard InChI is InChI=1S/C20H36N4O2.HI/c1-24(2)19(25)14-22-20(23-18-13-15-8-9-16(18)12-15)21-10-5-7-17-6-3-4-11-26-17;/h15-18H,3-14H2,1-2H3,(H2,21,22,23);1H. The number of hydrogen-bond donors (Lipinski definition) is 2. The maximum Gasteiger partial charge on any atom is 0.243 e. The molecule has 2 N–H and O–H groups in total. The summed E-state index contributed by atoms with van der Waals surface area (Å²) in [4.78, 5) is 18.0. The molecule has 156 valence electrons. The Labute approximate surface area is 181 Å². The SMILES string of the molecule is CN(C)C(=O)CN=C(NCCCC1CCCCO1)NC1CC2CCC1C2.I. The molecule has 1 amide bonds. The lowest BCUT2D eigenvalue weighted by Crippen LogP contribution is -2.46. The maximum atomic E-state index is 11.9. The van der Waals surface area contributed by atoms with Gasteiger partial charge in [0.25, 0.3) is 0 Å². The first-order valence-corrected chi connectivity index (χ1v) is 10.5. The molecule has 3 fully saturated rings. The number of ether oxygens (including phenoxy) is 1. The van der Waals surface area contributed by atoms with Crippen molar-refractivity contribution in [2.24, 2.45) is 16.8 Å². The molecule has 0 radical (unpaired) electrons. The molecule has 1 aliphatic heterocycles. The number of aliphatic imine (C=N–C) groups is 1. The van der Waals surface area contributed by atoms with Gasteiger partial charge in [0, 0.05) is 33.3 Å². The number of halogens is 1. The molecule has 0 aromatic rings. The van der Waals surface area contributed by atoms with E-state index in [1.807, 2.05) is 0 Å². The van der Waals surface area contributed by atoms with Gasteiger partial charge in [0.05, 0.1) is 6.10 Å². The van der Waals surface area contributed by atoms with E-state index in [2.05, 4.69) is 15.6 Å². The van der Waals surface area contributed by atoms with Crippen LogP contribution in [0, 0.1) is 11.8 Å². The molecule has 3 aliphatic rings. The molecule has 2 bridgehead atoms. The van der Waals surface area contributed by atoms with Crippen molar-refractivity contribution in [3.05, 3.63) is 0 Å². The van der Waals surface area contributed by atoms with E-state index in [0.29, 0.717) is 12.1 Å². The largest absolute Gasteiger partial charge is 0.378 e. The summed E-state index contributed by atoms with van der Waals surface area (Å²) in [6.07, 6.45) is 11.6. The van der Waals surface area contributed by atoms with Crippen molar-refractivity contribution in [2.45, 2.75) is 69.9 Å². The number of hydrogen-bond acceptors (Lipinski definition) is 3. The quantitative estimate of drug-likeness (QED) is 0.248. The Hall–Kier alpha value is -0.570. The van der Waals surface area contributed by atoms with Gasteiger partial charge < -0.3 is 20.3 Å². The zero-order valence-corrected chi connectivity index (χ0v) is 19.2. The van der Waals surface area contributed by atoms with Crippen LogP contribution in [0.25, 0.3) is 0 Å². The number of nitrogens with zero attached hydrogens (tertiary/aromatic N) is 2. The van der Waals surface area contributed by atoms with Gasteiger partial charge in [0.1, 0.15) is 6.54 Å². The zero-order valence-electron chi connectivity index (χ0n) is 16.9. The number of nitrogens with one attached hydrogen (secondary N) is 2. The number of likely N-dealkylation sites (N-methyl/N-ethyl adjacent to an activating group) is 1. The Morgan fingerprint density at radius 2 is 2.04 bits per heavy atom. The highest BCUT2D eigenvalue weighted by molar-refractivity contribution is 14.0. The average molecular weight is 492 g/mol. The molecule has 4 unspecified atom stereocenters. The molecule has 7 heteroatoms. The van der Waals surface area contributed by atoms with E-state index in [0.717, 1.165) is 43.8 Å². The van der Waals surface area contributed by atoms with Crippen molar-refractivity contribution in [1.29, 1.82) is 0 Å². The zero-order chi connectivity index (χ0) is 18.4. The van der Waals surface area contributed by atoms with Gasteiger partial charge in [-0.05, 0) is 63.2 Å². The van der Waals surface area contributed by atoms with Crippen LogP contribution in [0.5, 0.6) is 0 Å². The topological polar surface area (TPSA) is 66.0 Å². The van der Waals surface area contributed by atoms with Gasteiger partial charge in [0.15, 0.2) is 5.96 Å². The third kappa shape index (κ3) is 7.07. The van der Waals surface area contributed by atoms with E-state index in [4.69, 9.17) is 4.74 Å². The van der Waals surface area contributed by atoms with Gasteiger partial charge in [-0.15, -0.1) is 24.0 Å². The minimum Gasteiger partial charge on any atom is -0.378 e. The van der Waals surface area contributed by atoms with Crippen molar-refractivity contribution in [2.75, 3.05) is 33.8 Å². The minimum absolute atomic E-state index is 0. The van der Waals surface area contributed by atoms with Crippen LogP contribution in [0.3, 0.4) is 0 Å². The van der Waals surface area contributed by atoms with Crippen LogP contribution >= 0.6 is 24.0 Å². The summed E-state index contributed by atoms with van der Waals surface area (Å²) in [6, 6.07) is 0.524. The fourth-order valence-electron chi connectivity index (χ4n) is 4.61. The second kappa shape index (κ2) is 11.4. The molecule has 0 spiro atoms. The van der Waals surface area contributed by atoms with Gasteiger partial charge in [0.2, 0.25) is 5.91 Å². The van der Waals surface area contributed by atoms with Gasteiger partial charge in [-0.3, -0.25) is 4.79 Å². The highest BCUT2D eigenvalue weighted by atomic mass is 127. The first kappa shape index (κ1) is 22.7. The predicted octanol–water partition coefficient (Wildman–Crippen LogP) is 2.77. The molecule has 0 aromatic heterocycles. The van der Waals surface area contributed by atoms with Crippen LogP contribution in [-0.2, 0) is 9.53 Å². The number of carbonyl (C=O) groups excluding carboxylic acids is 1. The van der Waals surface area contributed by atoms with Crippen LogP contribution in [0.1, 0.15) is 57.8 Å². The summed E-state index contributed by atoms with van der Waals surface area (Å²) in [5, 5.41) is 7.07. The number of amides is 1. The third-order valence-corrected chi connectivity index (χ3v) is 6.20. The number of fused-ring (bicyclic) bond motifs is 2. The fraction of sp³-hybridized carbons (Fsp3) is 0.900. The molecule has 27 heavy (non-hydrogen) atoms. The Morgan fingerprint density at radius 1 is 1.19 bits per heavy atom. The van der Waals surface area contributed by atoms with Crippen LogP contribution in [0.4, 0.5) is 0 Å². The molecule has 3 rings (SSSR count). The van der Waals surface area contributed by atoms with E-state index in [1.54, 1.807) is 19.0 Å². The fourth-order valence-corrected chi connectivity index (χ4v) is 4.61. The smallest absolute Gasteiger partial charge is 0.243 e. The lowest BCUT2D eigenvalue weighted by molar-refractivity contribution is -0.127. The van der Waals surface area contributed by atoms with Gasteiger partial charge in [-0.25, -0.2) is 4.99 Å². The van der Waals surface area contributed by atoms with E-state index in [1.165, 1.54) is 44.9 Å². The van der Waals surface area contributed by atoms with Crippen molar-refractivity contribution in [3.63, 3.8) is 0 Å². The van der Waals surface area contributed by atoms with E-state index in [-0.39, 0.29) is 36.4 Å². The molecule has 0 aromatic carbocycles. The molecule has 2 saturated carbocycles. The Morgan fingerprint density at radius 3 is 2.67 bits per heavy atom. The molecule has 6 nitrogen and oxygen atoms in total. The minimum atomic E-state index is 0. The van der Waals surface area contributed by atoms with Gasteiger partial charge >= 0.3 is 0 Å². The summed E-state index contributed by atoms with van der Waals surface area (Å²) in [5.41, 5.74) is 0. The predicted molar refractivity (Wildman–Crippen MR) is 120 cm³/mol. The van der Waals surface area contributed by atoms with Crippen molar-refractivity contribution >= 4 is 35.8 Å². The molecular weight excluding hydrogens is 455 g/mol.